The third kappa shape index (κ3) is 3.26. The molecule has 0 saturated heterocycles. The normalized spacial score (nSPS) is 11.5. The topological polar surface area (TPSA) is 48.1 Å². The molecule has 0 aliphatic carbocycles. The second-order valence-electron chi connectivity index (χ2n) is 2.83. The van der Waals surface area contributed by atoms with E-state index in [-0.39, 0.29) is 10.9 Å². The molecular formula is C8H8BrF3N2O. The van der Waals surface area contributed by atoms with Crippen molar-refractivity contribution in [3.8, 4) is 5.88 Å². The number of aromatic nitrogens is 1. The first-order chi connectivity index (χ1) is 6.83. The van der Waals surface area contributed by atoms with Crippen molar-refractivity contribution < 1.29 is 17.9 Å². The molecule has 1 aromatic heterocycles. The van der Waals surface area contributed by atoms with Crippen molar-refractivity contribution in [3.05, 3.63) is 17.3 Å². The number of hydrogen-bond donors (Lipinski definition) is 1. The molecule has 0 fully saturated rings. The zero-order chi connectivity index (χ0) is 11.6. The maximum atomic E-state index is 12.0. The first kappa shape index (κ1) is 12.1. The highest BCUT2D eigenvalue weighted by atomic mass is 79.9. The summed E-state index contributed by atoms with van der Waals surface area (Å²) in [7, 11) is 0. The molecule has 0 atom stereocenters. The molecule has 1 heterocycles. The number of anilines is 1. The Morgan fingerprint density at radius 1 is 1.53 bits per heavy atom. The van der Waals surface area contributed by atoms with E-state index in [1.54, 1.807) is 0 Å². The molecule has 2 N–H and O–H groups in total. The van der Waals surface area contributed by atoms with Gasteiger partial charge in [0.1, 0.15) is 0 Å². The van der Waals surface area contributed by atoms with Crippen molar-refractivity contribution >= 4 is 21.6 Å². The maximum absolute atomic E-state index is 12.0. The van der Waals surface area contributed by atoms with Gasteiger partial charge in [-0.1, -0.05) is 15.9 Å². The van der Waals surface area contributed by atoms with E-state index in [1.807, 2.05) is 0 Å². The Kier molecular flexibility index (Phi) is 3.43. The number of nitrogens with two attached hydrogens (primary N) is 1. The first-order valence-corrected chi connectivity index (χ1v) is 5.03. The van der Waals surface area contributed by atoms with Gasteiger partial charge in [-0.05, 0) is 13.0 Å². The monoisotopic (exact) mass is 284 g/mol. The van der Waals surface area contributed by atoms with Gasteiger partial charge < -0.3 is 10.5 Å². The summed E-state index contributed by atoms with van der Waals surface area (Å²) in [4.78, 5) is 3.66. The van der Waals surface area contributed by atoms with Crippen LogP contribution in [0.5, 0.6) is 5.88 Å². The summed E-state index contributed by atoms with van der Waals surface area (Å²) in [5.74, 6) is -0.467. The minimum absolute atomic E-state index is 0.245. The lowest BCUT2D eigenvalue weighted by Gasteiger charge is -2.12. The molecule has 7 heteroatoms. The van der Waals surface area contributed by atoms with Gasteiger partial charge in [0.25, 0.3) is 0 Å². The van der Waals surface area contributed by atoms with Crippen LogP contribution < -0.4 is 10.5 Å². The van der Waals surface area contributed by atoms with E-state index in [0.29, 0.717) is 11.4 Å². The Bertz CT molecular complexity index is 368. The third-order valence-corrected chi connectivity index (χ3v) is 2.15. The van der Waals surface area contributed by atoms with Crippen molar-refractivity contribution in [1.29, 1.82) is 0 Å². The van der Waals surface area contributed by atoms with E-state index < -0.39 is 12.2 Å². The van der Waals surface area contributed by atoms with Gasteiger partial charge in [0.15, 0.2) is 0 Å². The molecule has 1 rings (SSSR count). The lowest BCUT2D eigenvalue weighted by Crippen LogP contribution is -2.19. The number of halogens is 4. The Morgan fingerprint density at radius 2 is 2.13 bits per heavy atom. The Labute approximate surface area is 92.6 Å². The molecule has 15 heavy (non-hydrogen) atoms. The van der Waals surface area contributed by atoms with E-state index in [1.165, 1.54) is 13.0 Å². The summed E-state index contributed by atoms with van der Waals surface area (Å²) in [6.07, 6.45) is -4.74. The number of pyridine rings is 1. The number of ether oxygens (including phenoxy) is 1. The fourth-order valence-corrected chi connectivity index (χ4v) is 1.42. The minimum Gasteiger partial charge on any atom is -0.397 e. The van der Waals surface area contributed by atoms with Gasteiger partial charge >= 0.3 is 6.36 Å². The fourth-order valence-electron chi connectivity index (χ4n) is 0.974. The molecule has 0 aromatic carbocycles. The molecule has 0 spiro atoms. The van der Waals surface area contributed by atoms with Crippen LogP contribution >= 0.6 is 15.9 Å². The second-order valence-corrected chi connectivity index (χ2v) is 3.39. The molecule has 0 radical (unpaired) electrons. The largest absolute Gasteiger partial charge is 0.574 e. The van der Waals surface area contributed by atoms with Gasteiger partial charge in [-0.3, -0.25) is 0 Å². The lowest BCUT2D eigenvalue weighted by molar-refractivity contribution is -0.276. The standard InChI is InChI=1S/C8H8BrF3N2O/c1-4-2-5(13)6(3-9)14-7(4)15-8(10,11)12/h2H,3,13H2,1H3. The zero-order valence-corrected chi connectivity index (χ0v) is 9.32. The second kappa shape index (κ2) is 4.26. The van der Waals surface area contributed by atoms with Crippen LogP contribution in [0.25, 0.3) is 0 Å². The maximum Gasteiger partial charge on any atom is 0.574 e. The molecule has 0 saturated carbocycles. The predicted molar refractivity (Wildman–Crippen MR) is 52.7 cm³/mol. The van der Waals surface area contributed by atoms with Crippen LogP contribution in [-0.4, -0.2) is 11.3 Å². The smallest absolute Gasteiger partial charge is 0.397 e. The highest BCUT2D eigenvalue weighted by Gasteiger charge is 2.32. The van der Waals surface area contributed by atoms with Gasteiger partial charge in [-0.25, -0.2) is 4.98 Å². The van der Waals surface area contributed by atoms with Gasteiger partial charge in [0, 0.05) is 10.9 Å². The summed E-state index contributed by atoms with van der Waals surface area (Å²) in [6.45, 7) is 1.45. The number of rotatable bonds is 2. The van der Waals surface area contributed by atoms with Gasteiger partial charge in [0.05, 0.1) is 11.4 Å². The summed E-state index contributed by atoms with van der Waals surface area (Å²) in [5.41, 5.74) is 6.43. The van der Waals surface area contributed by atoms with Crippen molar-refractivity contribution in [2.24, 2.45) is 0 Å². The molecular weight excluding hydrogens is 277 g/mol. The molecule has 0 amide bonds. The SMILES string of the molecule is Cc1cc(N)c(CBr)nc1OC(F)(F)F. The fraction of sp³-hybridized carbons (Fsp3) is 0.375. The summed E-state index contributed by atoms with van der Waals surface area (Å²) < 4.78 is 39.6. The molecule has 3 nitrogen and oxygen atoms in total. The predicted octanol–water partition coefficient (Wildman–Crippen LogP) is 2.77. The molecule has 0 unspecified atom stereocenters. The van der Waals surface area contributed by atoms with Gasteiger partial charge in [-0.15, -0.1) is 13.2 Å². The third-order valence-electron chi connectivity index (χ3n) is 1.62. The summed E-state index contributed by atoms with van der Waals surface area (Å²) >= 11 is 3.07. The highest BCUT2D eigenvalue weighted by Crippen LogP contribution is 2.27. The van der Waals surface area contributed by atoms with Crippen molar-refractivity contribution in [1.82, 2.24) is 4.98 Å². The average Bonchev–Trinajstić information content (AvgIpc) is 2.07. The first-order valence-electron chi connectivity index (χ1n) is 3.91. The van der Waals surface area contributed by atoms with E-state index in [4.69, 9.17) is 5.73 Å². The van der Waals surface area contributed by atoms with E-state index in [2.05, 4.69) is 25.7 Å². The molecule has 0 bridgehead atoms. The van der Waals surface area contributed by atoms with Crippen LogP contribution in [0.2, 0.25) is 0 Å². The molecule has 0 aliphatic rings. The Morgan fingerprint density at radius 3 is 2.60 bits per heavy atom. The van der Waals surface area contributed by atoms with Crippen LogP contribution in [0.3, 0.4) is 0 Å². The van der Waals surface area contributed by atoms with Crippen LogP contribution in [0.1, 0.15) is 11.3 Å². The van der Waals surface area contributed by atoms with Crippen LogP contribution in [0, 0.1) is 6.92 Å². The highest BCUT2D eigenvalue weighted by molar-refractivity contribution is 9.08. The van der Waals surface area contributed by atoms with Crippen LogP contribution in [0.4, 0.5) is 18.9 Å². The molecule has 0 aliphatic heterocycles. The lowest BCUT2D eigenvalue weighted by atomic mass is 10.2. The van der Waals surface area contributed by atoms with Crippen LogP contribution in [0.15, 0.2) is 6.07 Å². The number of nitrogen functional groups attached to an aromatic ring is 1. The number of hydrogen-bond acceptors (Lipinski definition) is 3. The number of aryl methyl sites for hydroxylation is 1. The zero-order valence-electron chi connectivity index (χ0n) is 7.73. The van der Waals surface area contributed by atoms with Crippen molar-refractivity contribution in [2.75, 3.05) is 5.73 Å². The van der Waals surface area contributed by atoms with Crippen molar-refractivity contribution in [2.45, 2.75) is 18.6 Å². The summed E-state index contributed by atoms with van der Waals surface area (Å²) in [5, 5.41) is 0.271. The molecule has 84 valence electrons. The van der Waals surface area contributed by atoms with E-state index in [9.17, 15) is 13.2 Å². The average molecular weight is 285 g/mol. The van der Waals surface area contributed by atoms with Crippen molar-refractivity contribution in [3.63, 3.8) is 0 Å². The number of alkyl halides is 4. The van der Waals surface area contributed by atoms with Gasteiger partial charge in [0.2, 0.25) is 5.88 Å². The van der Waals surface area contributed by atoms with E-state index >= 15 is 0 Å². The minimum atomic E-state index is -4.74. The quantitative estimate of drug-likeness (QED) is 0.850. The summed E-state index contributed by atoms with van der Waals surface area (Å²) in [6, 6.07) is 1.39. The Balaban J connectivity index is 3.08. The van der Waals surface area contributed by atoms with E-state index in [0.717, 1.165) is 0 Å². The number of nitrogens with zero attached hydrogens (tertiary/aromatic N) is 1. The van der Waals surface area contributed by atoms with Gasteiger partial charge in [-0.2, -0.15) is 0 Å². The Hall–Kier alpha value is -0.980. The molecule has 1 aromatic rings. The van der Waals surface area contributed by atoms with Crippen LogP contribution in [-0.2, 0) is 5.33 Å².